The molecule has 3 aliphatic carbocycles. The Hall–Kier alpha value is -11.7. The maximum absolute atomic E-state index is 5.38. The maximum atomic E-state index is 5.38. The lowest BCUT2D eigenvalue weighted by atomic mass is 9.61. The molecule has 0 N–H and O–H groups in total. The molecule has 0 spiro atoms. The molecule has 0 radical (unpaired) electrons. The van der Waals surface area contributed by atoms with E-state index in [9.17, 15) is 0 Å². The minimum atomic E-state index is -0.00902. The summed E-state index contributed by atoms with van der Waals surface area (Å²) in [5.74, 6) is 2.66. The van der Waals surface area contributed by atoms with Crippen LogP contribution < -0.4 is 0 Å². The second kappa shape index (κ2) is 21.1. The van der Waals surface area contributed by atoms with Gasteiger partial charge in [0.05, 0.1) is 45.2 Å². The van der Waals surface area contributed by atoms with Gasteiger partial charge in [0.15, 0.2) is 23.3 Å². The predicted octanol–water partition coefficient (Wildman–Crippen LogP) is 18.8. The van der Waals surface area contributed by atoms with E-state index in [0.717, 1.165) is 112 Å². The Morgan fingerprint density at radius 3 is 0.852 bits per heavy atom. The van der Waals surface area contributed by atoms with Crippen LogP contribution >= 0.6 is 0 Å². The van der Waals surface area contributed by atoms with Crippen LogP contribution in [0.15, 0.2) is 291 Å². The highest BCUT2D eigenvalue weighted by Gasteiger charge is 2.41. The molecular weight excluding hydrogens is 1070 g/mol. The Bertz CT molecular complexity index is 4870. The van der Waals surface area contributed by atoms with Crippen LogP contribution in [0, 0.1) is 0 Å². The zero-order valence-electron chi connectivity index (χ0n) is 47.4. The zero-order chi connectivity index (χ0) is 58.1. The van der Waals surface area contributed by atoms with Crippen molar-refractivity contribution in [2.75, 3.05) is 0 Å². The van der Waals surface area contributed by atoms with Gasteiger partial charge in [0.25, 0.3) is 0 Å². The highest BCUT2D eigenvalue weighted by Crippen LogP contribution is 2.57. The Kier molecular flexibility index (Phi) is 12.2. The normalized spacial score (nSPS) is 13.7. The van der Waals surface area contributed by atoms with Crippen molar-refractivity contribution < 1.29 is 0 Å². The summed E-state index contributed by atoms with van der Waals surface area (Å²) in [6.45, 7) is 0. The molecule has 8 nitrogen and oxygen atoms in total. The molecule has 4 aromatic heterocycles. The van der Waals surface area contributed by atoms with Crippen molar-refractivity contribution in [2.24, 2.45) is 0 Å². The van der Waals surface area contributed by atoms with Gasteiger partial charge in [-0.1, -0.05) is 255 Å². The van der Waals surface area contributed by atoms with E-state index in [-0.39, 0.29) is 11.8 Å². The SMILES string of the molecule is c1ccc(-c2cc(-c3ccc(-c4nc(-c5ccccc5)c5ccccc5n4)cc3)nc(-c3ccc4c(c3)C3c5ccccc5C4c4cc(-c5nc(-c6ccccc6)cc(-c6ccc(-c7nc(-c8ccccc8)c8ccccc8n7)cc6)n5)ccc43)n2)cc1. The topological polar surface area (TPSA) is 103 Å². The number of rotatable bonds is 10. The van der Waals surface area contributed by atoms with Crippen molar-refractivity contribution in [3.63, 3.8) is 0 Å². The summed E-state index contributed by atoms with van der Waals surface area (Å²) in [7, 11) is 0. The molecule has 8 heteroatoms. The highest BCUT2D eigenvalue weighted by molar-refractivity contribution is 5.95. The smallest absolute Gasteiger partial charge is 0.160 e. The molecule has 15 aromatic rings. The van der Waals surface area contributed by atoms with Crippen molar-refractivity contribution >= 4 is 21.8 Å². The molecule has 0 aliphatic heterocycles. The summed E-state index contributed by atoms with van der Waals surface area (Å²) in [4.78, 5) is 41.8. The third-order valence-corrected chi connectivity index (χ3v) is 17.3. The van der Waals surface area contributed by atoms with E-state index in [4.69, 9.17) is 39.9 Å². The zero-order valence-corrected chi connectivity index (χ0v) is 47.4. The van der Waals surface area contributed by atoms with Crippen molar-refractivity contribution in [1.29, 1.82) is 0 Å². The third-order valence-electron chi connectivity index (χ3n) is 17.3. The molecule has 410 valence electrons. The fraction of sp³-hybridized carbons (Fsp3) is 0.0250. The molecule has 18 rings (SSSR count). The summed E-state index contributed by atoms with van der Waals surface area (Å²) in [5.41, 5.74) is 24.6. The predicted molar refractivity (Wildman–Crippen MR) is 353 cm³/mol. The van der Waals surface area contributed by atoms with Crippen molar-refractivity contribution in [3.8, 4) is 113 Å². The molecule has 4 heterocycles. The van der Waals surface area contributed by atoms with Gasteiger partial charge in [0.1, 0.15) is 0 Å². The fourth-order valence-corrected chi connectivity index (χ4v) is 13.1. The van der Waals surface area contributed by atoms with Gasteiger partial charge in [-0.15, -0.1) is 0 Å². The van der Waals surface area contributed by atoms with Crippen LogP contribution in [0.3, 0.4) is 0 Å². The Labute approximate surface area is 508 Å². The number of nitrogens with zero attached hydrogens (tertiary/aromatic N) is 8. The van der Waals surface area contributed by atoms with Gasteiger partial charge in [-0.2, -0.15) is 0 Å². The summed E-state index contributed by atoms with van der Waals surface area (Å²) >= 11 is 0. The van der Waals surface area contributed by atoms with Crippen molar-refractivity contribution in [3.05, 3.63) is 325 Å². The second-order valence-corrected chi connectivity index (χ2v) is 22.6. The standard InChI is InChI=1S/C80H50N8/c1-5-19-49(20-6-1)69-47-71(51-33-37-55(38-34-51)77-81-67-31-17-15-29-63(67)75(87-77)53-23-9-3-10-24-53)85-79(83-69)57-41-43-61-65(45-57)73-59-27-13-14-28-60(59)74(61)66-46-58(42-44-62(66)73)80-84-70(50-21-7-2-8-22-50)48-72(86-80)52-35-39-56(40-36-52)78-82-68-32-18-16-30-64(68)76(88-78)54-25-11-4-12-26-54/h1-48,73-74H. The number of fused-ring (bicyclic) bond motifs is 2. The minimum absolute atomic E-state index is 0.00902. The summed E-state index contributed by atoms with van der Waals surface area (Å²) in [5, 5.41) is 2.04. The molecule has 88 heavy (non-hydrogen) atoms. The quantitative estimate of drug-likeness (QED) is 0.133. The van der Waals surface area contributed by atoms with E-state index in [1.165, 1.54) is 33.4 Å². The first-order chi connectivity index (χ1) is 43.6. The van der Waals surface area contributed by atoms with Crippen molar-refractivity contribution in [2.45, 2.75) is 11.8 Å². The molecule has 3 aliphatic rings. The lowest BCUT2D eigenvalue weighted by Gasteiger charge is -2.42. The number of hydrogen-bond donors (Lipinski definition) is 0. The molecule has 0 fully saturated rings. The van der Waals surface area contributed by atoms with Crippen LogP contribution in [-0.2, 0) is 0 Å². The van der Waals surface area contributed by atoms with E-state index in [0.29, 0.717) is 23.3 Å². The van der Waals surface area contributed by atoms with Crippen LogP contribution in [0.25, 0.3) is 135 Å². The number of hydrogen-bond acceptors (Lipinski definition) is 8. The van der Waals surface area contributed by atoms with Crippen LogP contribution in [0.5, 0.6) is 0 Å². The van der Waals surface area contributed by atoms with E-state index in [1.807, 2.05) is 72.8 Å². The van der Waals surface area contributed by atoms with Crippen LogP contribution in [-0.4, -0.2) is 39.9 Å². The van der Waals surface area contributed by atoms with Gasteiger partial charge >= 0.3 is 0 Å². The summed E-state index contributed by atoms with van der Waals surface area (Å²) < 4.78 is 0. The Morgan fingerprint density at radius 1 is 0.182 bits per heavy atom. The largest absolute Gasteiger partial charge is 0.228 e. The Morgan fingerprint density at radius 2 is 0.466 bits per heavy atom. The van der Waals surface area contributed by atoms with Crippen LogP contribution in [0.2, 0.25) is 0 Å². The van der Waals surface area contributed by atoms with Gasteiger partial charge in [0, 0.05) is 78.2 Å². The van der Waals surface area contributed by atoms with E-state index < -0.39 is 0 Å². The average molecular weight is 1120 g/mol. The van der Waals surface area contributed by atoms with Gasteiger partial charge < -0.3 is 0 Å². The maximum Gasteiger partial charge on any atom is 0.160 e. The number of para-hydroxylation sites is 2. The lowest BCUT2D eigenvalue weighted by molar-refractivity contribution is 0.754. The van der Waals surface area contributed by atoms with Gasteiger partial charge in [-0.05, 0) is 69.8 Å². The molecule has 0 saturated carbocycles. The van der Waals surface area contributed by atoms with Gasteiger partial charge in [0.2, 0.25) is 0 Å². The molecule has 2 bridgehead atoms. The number of benzene rings is 11. The lowest BCUT2D eigenvalue weighted by Crippen LogP contribution is -2.27. The minimum Gasteiger partial charge on any atom is -0.228 e. The monoisotopic (exact) mass is 1120 g/mol. The molecule has 11 aromatic carbocycles. The molecule has 2 unspecified atom stereocenters. The number of aromatic nitrogens is 8. The fourth-order valence-electron chi connectivity index (χ4n) is 13.1. The first kappa shape index (κ1) is 50.7. The second-order valence-electron chi connectivity index (χ2n) is 22.6. The van der Waals surface area contributed by atoms with E-state index >= 15 is 0 Å². The van der Waals surface area contributed by atoms with Crippen LogP contribution in [0.1, 0.15) is 45.2 Å². The summed E-state index contributed by atoms with van der Waals surface area (Å²) in [6, 6.07) is 102. The first-order valence-electron chi connectivity index (χ1n) is 29.7. The van der Waals surface area contributed by atoms with Crippen LogP contribution in [0.4, 0.5) is 0 Å². The van der Waals surface area contributed by atoms with Crippen molar-refractivity contribution in [1.82, 2.24) is 39.9 Å². The molecule has 0 saturated heterocycles. The summed E-state index contributed by atoms with van der Waals surface area (Å²) in [6.07, 6.45) is 0. The highest BCUT2D eigenvalue weighted by atomic mass is 14.9. The molecular formula is C80H50N8. The first-order valence-corrected chi connectivity index (χ1v) is 29.7. The third kappa shape index (κ3) is 8.93. The molecule has 0 amide bonds. The molecule has 2 atom stereocenters. The van der Waals surface area contributed by atoms with Gasteiger partial charge in [-0.25, -0.2) is 39.9 Å². The Balaban J connectivity index is 0.727. The van der Waals surface area contributed by atoms with E-state index in [1.54, 1.807) is 0 Å². The van der Waals surface area contributed by atoms with Gasteiger partial charge in [-0.3, -0.25) is 0 Å². The average Bonchev–Trinajstić information content (AvgIpc) is 0.909. The van der Waals surface area contributed by atoms with E-state index in [2.05, 4.69) is 218 Å².